The van der Waals surface area contributed by atoms with Crippen molar-refractivity contribution in [2.24, 2.45) is 0 Å². The van der Waals surface area contributed by atoms with Crippen LogP contribution in [-0.2, 0) is 11.2 Å². The summed E-state index contributed by atoms with van der Waals surface area (Å²) in [5.41, 5.74) is 4.22. The van der Waals surface area contributed by atoms with E-state index in [9.17, 15) is 13.9 Å². The molecule has 32 heavy (non-hydrogen) atoms. The fraction of sp³-hybridized carbons (Fsp3) is 0.0833. The average molecular weight is 448 g/mol. The van der Waals surface area contributed by atoms with Crippen molar-refractivity contribution in [1.29, 1.82) is 0 Å². The number of pyridine rings is 1. The summed E-state index contributed by atoms with van der Waals surface area (Å²) in [7, 11) is -1.36. The highest BCUT2D eigenvalue weighted by Gasteiger charge is 2.23. The van der Waals surface area contributed by atoms with Gasteiger partial charge in [-0.1, -0.05) is 36.4 Å². The Hall–Kier alpha value is -3.59. The number of hydrogen-bond donors (Lipinski definition) is 3. The van der Waals surface area contributed by atoms with Crippen LogP contribution in [0, 0.1) is 0 Å². The van der Waals surface area contributed by atoms with Crippen LogP contribution < -0.4 is 10.1 Å². The van der Waals surface area contributed by atoms with Gasteiger partial charge in [0.15, 0.2) is 11.4 Å². The molecule has 2 aromatic heterocycles. The van der Waals surface area contributed by atoms with Crippen LogP contribution in [-0.4, -0.2) is 31.5 Å². The van der Waals surface area contributed by atoms with Crippen molar-refractivity contribution in [2.45, 2.75) is 11.3 Å². The molecule has 0 saturated heterocycles. The highest BCUT2D eigenvalue weighted by atomic mass is 32.3. The number of benzene rings is 2. The van der Waals surface area contributed by atoms with Crippen LogP contribution in [0.15, 0.2) is 77.2 Å². The number of fused-ring (bicyclic) bond motifs is 2. The van der Waals surface area contributed by atoms with Crippen LogP contribution in [0.25, 0.3) is 23.0 Å². The number of imidazole rings is 1. The normalized spacial score (nSPS) is 14.8. The van der Waals surface area contributed by atoms with E-state index in [1.807, 2.05) is 53.1 Å². The molecule has 1 aliphatic heterocycles. The molecule has 7 nitrogen and oxygen atoms in total. The molecule has 5 rings (SSSR count). The molecule has 0 atom stereocenters. The Morgan fingerprint density at radius 1 is 1.12 bits per heavy atom. The topological polar surface area (TPSA) is 96.1 Å². The summed E-state index contributed by atoms with van der Waals surface area (Å²) in [4.78, 5) is 18.2. The van der Waals surface area contributed by atoms with Crippen molar-refractivity contribution in [3.8, 4) is 17.0 Å². The molecule has 3 heterocycles. The maximum atomic E-state index is 13.0. The lowest BCUT2D eigenvalue weighted by Gasteiger charge is -2.25. The quantitative estimate of drug-likeness (QED) is 0.387. The second-order valence-corrected chi connectivity index (χ2v) is 9.31. The van der Waals surface area contributed by atoms with Crippen molar-refractivity contribution in [2.75, 3.05) is 12.4 Å². The molecule has 0 bridgehead atoms. The highest BCUT2D eigenvalue weighted by molar-refractivity contribution is 8.27. The van der Waals surface area contributed by atoms with Crippen LogP contribution in [0.2, 0.25) is 0 Å². The zero-order chi connectivity index (χ0) is 22.3. The van der Waals surface area contributed by atoms with Gasteiger partial charge in [0.1, 0.15) is 0 Å². The number of methoxy groups -OCH3 is 1. The van der Waals surface area contributed by atoms with Crippen molar-refractivity contribution >= 4 is 33.9 Å². The summed E-state index contributed by atoms with van der Waals surface area (Å²) in [6, 6.07) is 18.5. The number of ether oxygens (including phenoxy) is 1. The summed E-state index contributed by atoms with van der Waals surface area (Å²) in [5, 5.41) is 4.26. The van der Waals surface area contributed by atoms with Crippen molar-refractivity contribution < 1.29 is 18.6 Å². The van der Waals surface area contributed by atoms with Gasteiger partial charge in [-0.2, -0.15) is 0 Å². The van der Waals surface area contributed by atoms with Gasteiger partial charge in [-0.3, -0.25) is 18.3 Å². The van der Waals surface area contributed by atoms with Crippen LogP contribution in [0.4, 0.5) is 5.69 Å². The number of nitrogens with one attached hydrogen (secondary N) is 1. The molecular weight excluding hydrogens is 426 g/mol. The smallest absolute Gasteiger partial charge is 0.230 e. The Balaban J connectivity index is 1.49. The van der Waals surface area contributed by atoms with E-state index in [2.05, 4.69) is 5.32 Å². The van der Waals surface area contributed by atoms with Crippen LogP contribution >= 0.6 is 10.6 Å². The van der Waals surface area contributed by atoms with E-state index < -0.39 is 10.6 Å². The number of anilines is 1. The molecule has 0 aliphatic carbocycles. The molecule has 162 valence electrons. The van der Waals surface area contributed by atoms with E-state index in [0.717, 1.165) is 16.8 Å². The third-order valence-electron chi connectivity index (χ3n) is 5.37. The number of aromatic nitrogens is 2. The van der Waals surface area contributed by atoms with Gasteiger partial charge in [0.25, 0.3) is 0 Å². The summed E-state index contributed by atoms with van der Waals surface area (Å²) in [6.07, 6.45) is 3.61. The molecule has 3 N–H and O–H groups in total. The van der Waals surface area contributed by atoms with Gasteiger partial charge < -0.3 is 10.1 Å². The zero-order valence-electron chi connectivity index (χ0n) is 17.2. The maximum absolute atomic E-state index is 13.0. The summed E-state index contributed by atoms with van der Waals surface area (Å²) in [6.45, 7) is 0. The van der Waals surface area contributed by atoms with E-state index in [0.29, 0.717) is 27.7 Å². The van der Waals surface area contributed by atoms with Crippen LogP contribution in [0.1, 0.15) is 11.3 Å². The Labute approximate surface area is 186 Å². The summed E-state index contributed by atoms with van der Waals surface area (Å²) in [5.74, 6) is 0.377. The van der Waals surface area contributed by atoms with Gasteiger partial charge >= 0.3 is 0 Å². The van der Waals surface area contributed by atoms with Crippen molar-refractivity contribution in [3.05, 3.63) is 83.5 Å². The molecule has 0 unspecified atom stereocenters. The second-order valence-electron chi connectivity index (χ2n) is 7.42. The van der Waals surface area contributed by atoms with E-state index in [-0.39, 0.29) is 12.3 Å². The molecule has 2 aromatic carbocycles. The lowest BCUT2D eigenvalue weighted by Crippen LogP contribution is -2.16. The largest absolute Gasteiger partial charge is 0.493 e. The molecule has 0 fully saturated rings. The number of rotatable bonds is 5. The minimum absolute atomic E-state index is 0.0736. The Kier molecular flexibility index (Phi) is 4.97. The standard InChI is InChI=1S/C24H21N3O4S/c1-31-20-8-5-12-27-19(23(26-24(20)27)17-6-3-2-4-7-17)15-22(28)25-18-10-9-16-11-13-32(29,30)21(16)14-18/h2-14,29-30H,15H2,1H3,(H,25,28). The van der Waals surface area contributed by atoms with Crippen molar-refractivity contribution in [1.82, 2.24) is 9.38 Å². The number of carbonyl (C=O) groups is 1. The van der Waals surface area contributed by atoms with E-state index in [1.165, 1.54) is 5.41 Å². The van der Waals surface area contributed by atoms with Gasteiger partial charge in [0.2, 0.25) is 5.91 Å². The third-order valence-corrected chi connectivity index (χ3v) is 6.88. The highest BCUT2D eigenvalue weighted by Crippen LogP contribution is 2.56. The third kappa shape index (κ3) is 3.54. The number of amides is 1. The Morgan fingerprint density at radius 3 is 2.72 bits per heavy atom. The van der Waals surface area contributed by atoms with E-state index >= 15 is 0 Å². The summed E-state index contributed by atoms with van der Waals surface area (Å²) >= 11 is 0. The van der Waals surface area contributed by atoms with E-state index in [1.54, 1.807) is 31.4 Å². The molecule has 0 radical (unpaired) electrons. The molecule has 1 aliphatic rings. The van der Waals surface area contributed by atoms with Gasteiger partial charge in [0.05, 0.1) is 29.8 Å². The lowest BCUT2D eigenvalue weighted by atomic mass is 10.1. The number of nitrogens with zero attached hydrogens (tertiary/aromatic N) is 2. The lowest BCUT2D eigenvalue weighted by molar-refractivity contribution is -0.115. The minimum Gasteiger partial charge on any atom is -0.493 e. The fourth-order valence-corrected chi connectivity index (χ4v) is 5.12. The first-order chi connectivity index (χ1) is 15.5. The monoisotopic (exact) mass is 447 g/mol. The van der Waals surface area contributed by atoms with Crippen molar-refractivity contribution in [3.63, 3.8) is 0 Å². The molecule has 4 aromatic rings. The van der Waals surface area contributed by atoms with Gasteiger partial charge in [-0.15, -0.1) is 10.6 Å². The second kappa shape index (κ2) is 7.83. The van der Waals surface area contributed by atoms with Gasteiger partial charge in [0, 0.05) is 22.9 Å². The Bertz CT molecular complexity index is 1360. The maximum Gasteiger partial charge on any atom is 0.230 e. The predicted molar refractivity (Wildman–Crippen MR) is 126 cm³/mol. The Morgan fingerprint density at radius 2 is 1.94 bits per heavy atom. The minimum atomic E-state index is -2.95. The fourth-order valence-electron chi connectivity index (χ4n) is 3.86. The molecule has 1 amide bonds. The first-order valence-corrected chi connectivity index (χ1v) is 11.6. The van der Waals surface area contributed by atoms with Crippen LogP contribution in [0.3, 0.4) is 0 Å². The van der Waals surface area contributed by atoms with Gasteiger partial charge in [-0.05, 0) is 35.9 Å². The average Bonchev–Trinajstić information content (AvgIpc) is 3.31. The number of hydrogen-bond acceptors (Lipinski definition) is 5. The first kappa shape index (κ1) is 20.3. The van der Waals surface area contributed by atoms with Gasteiger partial charge in [-0.25, -0.2) is 4.98 Å². The molecule has 0 spiro atoms. The van der Waals surface area contributed by atoms with E-state index in [4.69, 9.17) is 9.72 Å². The molecule has 0 saturated carbocycles. The predicted octanol–water partition coefficient (Wildman–Crippen LogP) is 5.28. The molecular formula is C24H21N3O4S. The summed E-state index contributed by atoms with van der Waals surface area (Å²) < 4.78 is 27.6. The number of carbonyl (C=O) groups excluding carboxylic acids is 1. The zero-order valence-corrected chi connectivity index (χ0v) is 18.0. The SMILES string of the molecule is COc1cccn2c(CC(=O)Nc3ccc4c(c3)S(O)(O)C=C4)c(-c3ccccc3)nc12. The van der Waals surface area contributed by atoms with Crippen LogP contribution in [0.5, 0.6) is 5.75 Å². The molecule has 8 heteroatoms. The first-order valence-electron chi connectivity index (χ1n) is 9.96.